The number of hydrogen-bond donors (Lipinski definition) is 0. The molecular weight excluding hydrogens is 809 g/mol. The van der Waals surface area contributed by atoms with Crippen molar-refractivity contribution in [3.63, 3.8) is 0 Å². The molecule has 3 aromatic heterocycles. The first-order valence-electron chi connectivity index (χ1n) is 21.8. The van der Waals surface area contributed by atoms with Gasteiger partial charge in [-0.3, -0.25) is 0 Å². The predicted molar refractivity (Wildman–Crippen MR) is 272 cm³/mol. The molecule has 5 heteroatoms. The summed E-state index contributed by atoms with van der Waals surface area (Å²) >= 11 is 1.85. The molecule has 0 N–H and O–H groups in total. The molecule has 0 amide bonds. The van der Waals surface area contributed by atoms with E-state index in [9.17, 15) is 0 Å². The number of benzene rings is 9. The minimum atomic E-state index is 0.695. The summed E-state index contributed by atoms with van der Waals surface area (Å²) in [4.78, 5) is 20.5. The highest BCUT2D eigenvalue weighted by atomic mass is 32.1. The fraction of sp³-hybridized carbons (Fsp3) is 0. The molecule has 3 heterocycles. The van der Waals surface area contributed by atoms with Crippen molar-refractivity contribution in [1.82, 2.24) is 19.9 Å². The molecule has 0 radical (unpaired) electrons. The molecule has 0 aliphatic rings. The third kappa shape index (κ3) is 7.24. The Morgan fingerprint density at radius 2 is 0.708 bits per heavy atom. The van der Waals surface area contributed by atoms with Crippen molar-refractivity contribution in [2.24, 2.45) is 0 Å². The SMILES string of the molecule is c1ccc(-c2cc(-c3ccccc3)nc(-c3ccc(-c4ccc(-c5ccc(-c6nc(-c7ccccc7)cc(-c7cccc8ccccc78)n6)cc5)c5sc6ccccc6c45)cc3)n2)cc1. The molecule has 0 bridgehead atoms. The molecule has 0 spiro atoms. The highest BCUT2D eigenvalue weighted by Crippen LogP contribution is 2.45. The second-order valence-electron chi connectivity index (χ2n) is 16.2. The van der Waals surface area contributed by atoms with Crippen LogP contribution in [0.1, 0.15) is 0 Å². The average Bonchev–Trinajstić information content (AvgIpc) is 3.79. The van der Waals surface area contributed by atoms with E-state index in [1.165, 1.54) is 42.1 Å². The van der Waals surface area contributed by atoms with Crippen molar-refractivity contribution in [1.29, 1.82) is 0 Å². The van der Waals surface area contributed by atoms with Gasteiger partial charge in [-0.05, 0) is 51.2 Å². The zero-order chi connectivity index (χ0) is 43.1. The van der Waals surface area contributed by atoms with E-state index in [-0.39, 0.29) is 0 Å². The van der Waals surface area contributed by atoms with Gasteiger partial charge in [-0.25, -0.2) is 19.9 Å². The van der Waals surface area contributed by atoms with E-state index in [0.717, 1.165) is 67.3 Å². The summed E-state index contributed by atoms with van der Waals surface area (Å²) in [7, 11) is 0. The third-order valence-electron chi connectivity index (χ3n) is 12.2. The van der Waals surface area contributed by atoms with Crippen LogP contribution in [0.2, 0.25) is 0 Å². The highest BCUT2D eigenvalue weighted by Gasteiger charge is 2.18. The van der Waals surface area contributed by atoms with Crippen molar-refractivity contribution in [2.45, 2.75) is 0 Å². The number of fused-ring (bicyclic) bond motifs is 4. The first-order chi connectivity index (χ1) is 32.2. The van der Waals surface area contributed by atoms with E-state index in [1.54, 1.807) is 0 Å². The second-order valence-corrected chi connectivity index (χ2v) is 17.2. The van der Waals surface area contributed by atoms with Gasteiger partial charge in [-0.2, -0.15) is 0 Å². The monoisotopic (exact) mass is 846 g/mol. The van der Waals surface area contributed by atoms with Gasteiger partial charge >= 0.3 is 0 Å². The summed E-state index contributed by atoms with van der Waals surface area (Å²) < 4.78 is 2.52. The Bertz CT molecular complexity index is 3620. The van der Waals surface area contributed by atoms with E-state index < -0.39 is 0 Å². The van der Waals surface area contributed by atoms with Gasteiger partial charge in [-0.1, -0.05) is 212 Å². The molecule has 0 aliphatic carbocycles. The lowest BCUT2D eigenvalue weighted by molar-refractivity contribution is 1.18. The van der Waals surface area contributed by atoms with Gasteiger partial charge in [-0.15, -0.1) is 11.3 Å². The Morgan fingerprint density at radius 3 is 1.29 bits per heavy atom. The quantitative estimate of drug-likeness (QED) is 0.153. The Kier molecular flexibility index (Phi) is 9.66. The summed E-state index contributed by atoms with van der Waals surface area (Å²) in [6.07, 6.45) is 0. The van der Waals surface area contributed by atoms with Gasteiger partial charge in [0.25, 0.3) is 0 Å². The standard InChI is InChI=1S/C60H38N4S/c1-4-16-42(17-5-1)52-37-53(43-18-6-2-7-19-43)62-59(61-52)45-31-27-40(28-32-45)48-35-36-49(58-57(48)51-24-12-13-26-56(51)65-58)41-29-33-46(34-30-41)60-63-54(44-20-8-3-9-21-44)38-55(64-60)50-25-14-22-39-15-10-11-23-47(39)50/h1-38H. The van der Waals surface area contributed by atoms with Crippen LogP contribution in [0.25, 0.3) is 121 Å². The van der Waals surface area contributed by atoms with Gasteiger partial charge in [0.2, 0.25) is 0 Å². The smallest absolute Gasteiger partial charge is 0.160 e. The van der Waals surface area contributed by atoms with E-state index in [1.807, 2.05) is 53.8 Å². The van der Waals surface area contributed by atoms with Gasteiger partial charge < -0.3 is 0 Å². The van der Waals surface area contributed by atoms with Crippen molar-refractivity contribution in [3.8, 4) is 90.1 Å². The topological polar surface area (TPSA) is 51.6 Å². The fourth-order valence-corrected chi connectivity index (χ4v) is 10.2. The Morgan fingerprint density at radius 1 is 0.277 bits per heavy atom. The van der Waals surface area contributed by atoms with Crippen LogP contribution < -0.4 is 0 Å². The summed E-state index contributed by atoms with van der Waals surface area (Å²) in [5, 5.41) is 4.86. The Hall–Kier alpha value is -8.38. The molecule has 9 aromatic carbocycles. The van der Waals surface area contributed by atoms with Gasteiger partial charge in [0.15, 0.2) is 11.6 Å². The average molecular weight is 847 g/mol. The maximum absolute atomic E-state index is 5.22. The van der Waals surface area contributed by atoms with Crippen LogP contribution in [0.4, 0.5) is 0 Å². The molecule has 0 saturated carbocycles. The lowest BCUT2D eigenvalue weighted by Crippen LogP contribution is -1.96. The van der Waals surface area contributed by atoms with E-state index in [2.05, 4.69) is 188 Å². The zero-order valence-electron chi connectivity index (χ0n) is 35.1. The Balaban J connectivity index is 0.925. The number of aromatic nitrogens is 4. The summed E-state index contributed by atoms with van der Waals surface area (Å²) in [6, 6.07) is 80.9. The number of hydrogen-bond acceptors (Lipinski definition) is 5. The predicted octanol–water partition coefficient (Wildman–Crippen LogP) is 16.1. The highest BCUT2D eigenvalue weighted by molar-refractivity contribution is 7.26. The molecule has 0 aliphatic heterocycles. The molecular formula is C60H38N4S. The zero-order valence-corrected chi connectivity index (χ0v) is 36.0. The van der Waals surface area contributed by atoms with Crippen LogP contribution in [0.3, 0.4) is 0 Å². The van der Waals surface area contributed by atoms with Crippen LogP contribution in [0, 0.1) is 0 Å². The molecule has 304 valence electrons. The summed E-state index contributed by atoms with van der Waals surface area (Å²) in [6.45, 7) is 0. The number of nitrogens with zero attached hydrogens (tertiary/aromatic N) is 4. The van der Waals surface area contributed by atoms with Crippen molar-refractivity contribution in [2.75, 3.05) is 0 Å². The first-order valence-corrected chi connectivity index (χ1v) is 22.6. The van der Waals surface area contributed by atoms with Gasteiger partial charge in [0.05, 0.1) is 22.8 Å². The largest absolute Gasteiger partial charge is 0.228 e. The molecule has 65 heavy (non-hydrogen) atoms. The van der Waals surface area contributed by atoms with E-state index in [0.29, 0.717) is 11.6 Å². The lowest BCUT2D eigenvalue weighted by atomic mass is 9.94. The molecule has 12 rings (SSSR count). The minimum absolute atomic E-state index is 0.695. The maximum Gasteiger partial charge on any atom is 0.160 e. The number of thiophene rings is 1. The molecule has 0 fully saturated rings. The molecule has 0 atom stereocenters. The normalized spacial score (nSPS) is 11.4. The Labute approximate surface area is 380 Å². The molecule has 0 unspecified atom stereocenters. The van der Waals surface area contributed by atoms with Crippen molar-refractivity contribution >= 4 is 42.3 Å². The minimum Gasteiger partial charge on any atom is -0.228 e. The van der Waals surface area contributed by atoms with Crippen molar-refractivity contribution in [3.05, 3.63) is 231 Å². The maximum atomic E-state index is 5.22. The second kappa shape index (κ2) is 16.4. The van der Waals surface area contributed by atoms with Gasteiger partial charge in [0, 0.05) is 53.6 Å². The van der Waals surface area contributed by atoms with Crippen LogP contribution >= 0.6 is 11.3 Å². The van der Waals surface area contributed by atoms with Crippen LogP contribution in [-0.2, 0) is 0 Å². The fourth-order valence-electron chi connectivity index (χ4n) is 8.90. The lowest BCUT2D eigenvalue weighted by Gasteiger charge is -2.13. The van der Waals surface area contributed by atoms with Crippen LogP contribution in [0.5, 0.6) is 0 Å². The van der Waals surface area contributed by atoms with E-state index in [4.69, 9.17) is 19.9 Å². The molecule has 4 nitrogen and oxygen atoms in total. The van der Waals surface area contributed by atoms with Crippen LogP contribution in [0.15, 0.2) is 231 Å². The molecule has 0 saturated heterocycles. The molecule has 12 aromatic rings. The van der Waals surface area contributed by atoms with Gasteiger partial charge in [0.1, 0.15) is 0 Å². The van der Waals surface area contributed by atoms with Crippen molar-refractivity contribution < 1.29 is 0 Å². The summed E-state index contributed by atoms with van der Waals surface area (Å²) in [5.74, 6) is 1.39. The number of rotatable bonds is 8. The first kappa shape index (κ1) is 38.3. The summed E-state index contributed by atoms with van der Waals surface area (Å²) in [5.41, 5.74) is 14.5. The van der Waals surface area contributed by atoms with E-state index >= 15 is 0 Å². The van der Waals surface area contributed by atoms with Crippen LogP contribution in [-0.4, -0.2) is 19.9 Å². The third-order valence-corrected chi connectivity index (χ3v) is 13.4.